The summed E-state index contributed by atoms with van der Waals surface area (Å²) in [5.41, 5.74) is 0.611. The summed E-state index contributed by atoms with van der Waals surface area (Å²) < 4.78 is 69.1. The Bertz CT molecular complexity index is 1200. The van der Waals surface area contributed by atoms with Crippen molar-refractivity contribution < 1.29 is 21.6 Å². The second kappa shape index (κ2) is 7.70. The molecule has 3 aromatic carbocycles. The average molecular weight is 442 g/mol. The van der Waals surface area contributed by atoms with E-state index in [0.717, 1.165) is 36.4 Å². The van der Waals surface area contributed by atoms with E-state index in [0.29, 0.717) is 0 Å². The number of hydrogen-bond donors (Lipinski definition) is 0. The molecular formula is C23H17F3N2O2S. The van der Waals surface area contributed by atoms with Crippen LogP contribution in [-0.4, -0.2) is 18.0 Å². The number of nitrogens with zero attached hydrogens (tertiary/aromatic N) is 2. The van der Waals surface area contributed by atoms with E-state index in [-0.39, 0.29) is 21.8 Å². The molecule has 0 aliphatic heterocycles. The normalized spacial score (nSPS) is 12.1. The zero-order valence-corrected chi connectivity index (χ0v) is 17.2. The first-order valence-electron chi connectivity index (χ1n) is 9.27. The maximum Gasteiger partial charge on any atom is 0.230 e. The molecule has 4 rings (SSSR count). The number of hydrogen-bond acceptors (Lipinski definition) is 3. The van der Waals surface area contributed by atoms with E-state index in [2.05, 4.69) is 4.98 Å². The van der Waals surface area contributed by atoms with Crippen LogP contribution in [0.2, 0.25) is 0 Å². The molecule has 0 aliphatic carbocycles. The lowest BCUT2D eigenvalue weighted by atomic mass is 9.84. The summed E-state index contributed by atoms with van der Waals surface area (Å²) >= 11 is 0. The zero-order chi connectivity index (χ0) is 22.2. The Labute approximate surface area is 177 Å². The Balaban J connectivity index is 2.18. The van der Waals surface area contributed by atoms with Gasteiger partial charge in [-0.3, -0.25) is 0 Å². The highest BCUT2D eigenvalue weighted by atomic mass is 32.2. The van der Waals surface area contributed by atoms with E-state index in [1.807, 2.05) is 0 Å². The largest absolute Gasteiger partial charge is 0.325 e. The molecule has 0 fully saturated rings. The van der Waals surface area contributed by atoms with Crippen molar-refractivity contribution in [2.24, 2.45) is 7.05 Å². The van der Waals surface area contributed by atoms with Gasteiger partial charge < -0.3 is 4.57 Å². The van der Waals surface area contributed by atoms with Gasteiger partial charge in [-0.1, -0.05) is 36.4 Å². The minimum atomic E-state index is -4.36. The van der Waals surface area contributed by atoms with Gasteiger partial charge >= 0.3 is 0 Å². The number of sulfone groups is 1. The van der Waals surface area contributed by atoms with Crippen LogP contribution in [0, 0.1) is 17.5 Å². The Morgan fingerprint density at radius 1 is 0.710 bits per heavy atom. The lowest BCUT2D eigenvalue weighted by molar-refractivity contribution is 0.553. The second-order valence-electron chi connectivity index (χ2n) is 7.03. The van der Waals surface area contributed by atoms with Crippen molar-refractivity contribution in [3.05, 3.63) is 119 Å². The monoisotopic (exact) mass is 442 g/mol. The third kappa shape index (κ3) is 3.33. The van der Waals surface area contributed by atoms with Crippen LogP contribution in [0.3, 0.4) is 0 Å². The predicted octanol–water partition coefficient (Wildman–Crippen LogP) is 4.60. The first kappa shape index (κ1) is 20.9. The van der Waals surface area contributed by atoms with Gasteiger partial charge in [0.2, 0.25) is 15.0 Å². The fourth-order valence-corrected chi connectivity index (χ4v) is 6.02. The molecule has 0 saturated carbocycles. The fraction of sp³-hybridized carbons (Fsp3) is 0.0870. The molecule has 0 atom stereocenters. The van der Waals surface area contributed by atoms with Crippen LogP contribution in [0.25, 0.3) is 0 Å². The van der Waals surface area contributed by atoms with E-state index in [1.54, 1.807) is 0 Å². The Hall–Kier alpha value is -3.39. The topological polar surface area (TPSA) is 52.0 Å². The van der Waals surface area contributed by atoms with Crippen molar-refractivity contribution in [1.82, 2.24) is 9.55 Å². The van der Waals surface area contributed by atoms with Gasteiger partial charge in [-0.2, -0.15) is 0 Å². The summed E-state index contributed by atoms with van der Waals surface area (Å²) in [6.07, 6.45) is 2.83. The summed E-state index contributed by atoms with van der Waals surface area (Å²) in [6.45, 7) is 0. The van der Waals surface area contributed by atoms with Gasteiger partial charge in [0, 0.05) is 19.4 Å². The minimum Gasteiger partial charge on any atom is -0.325 e. The summed E-state index contributed by atoms with van der Waals surface area (Å²) in [4.78, 5) is 4.04. The third-order valence-corrected chi connectivity index (χ3v) is 7.56. The molecule has 4 aromatic rings. The van der Waals surface area contributed by atoms with Gasteiger partial charge in [0.15, 0.2) is 4.75 Å². The number of imidazole rings is 1. The molecule has 0 spiro atoms. The van der Waals surface area contributed by atoms with Crippen LogP contribution in [0.15, 0.2) is 90.3 Å². The Morgan fingerprint density at radius 3 is 1.35 bits per heavy atom. The van der Waals surface area contributed by atoms with Crippen LogP contribution in [0.1, 0.15) is 16.7 Å². The molecule has 1 heterocycles. The van der Waals surface area contributed by atoms with E-state index >= 15 is 0 Å². The summed E-state index contributed by atoms with van der Waals surface area (Å²) in [5.74, 6) is -1.65. The third-order valence-electron chi connectivity index (χ3n) is 5.17. The molecule has 0 amide bonds. The quantitative estimate of drug-likeness (QED) is 0.425. The maximum absolute atomic E-state index is 14.2. The molecule has 0 unspecified atom stereocenters. The van der Waals surface area contributed by atoms with E-state index in [9.17, 15) is 21.6 Å². The number of rotatable bonds is 5. The molecule has 0 bridgehead atoms. The van der Waals surface area contributed by atoms with Crippen LogP contribution in [0.5, 0.6) is 0 Å². The first-order chi connectivity index (χ1) is 14.8. The predicted molar refractivity (Wildman–Crippen MR) is 109 cm³/mol. The average Bonchev–Trinajstić information content (AvgIpc) is 3.19. The van der Waals surface area contributed by atoms with Gasteiger partial charge in [0.05, 0.1) is 0 Å². The molecular weight excluding hydrogens is 425 g/mol. The van der Waals surface area contributed by atoms with Crippen LogP contribution >= 0.6 is 0 Å². The fourth-order valence-electron chi connectivity index (χ4n) is 3.77. The number of halogens is 3. The van der Waals surface area contributed by atoms with Gasteiger partial charge in [-0.15, -0.1) is 0 Å². The lowest BCUT2D eigenvalue weighted by Gasteiger charge is -2.34. The number of aromatic nitrogens is 2. The number of aryl methyl sites for hydroxylation is 1. The summed E-state index contributed by atoms with van der Waals surface area (Å²) in [6, 6.07) is 15.0. The van der Waals surface area contributed by atoms with Crippen molar-refractivity contribution in [3.8, 4) is 0 Å². The maximum atomic E-state index is 14.2. The second-order valence-corrected chi connectivity index (χ2v) is 9.01. The van der Waals surface area contributed by atoms with Crippen molar-refractivity contribution in [3.63, 3.8) is 0 Å². The van der Waals surface area contributed by atoms with E-state index < -0.39 is 32.0 Å². The van der Waals surface area contributed by atoms with Gasteiger partial charge in [-0.25, -0.2) is 26.6 Å². The lowest BCUT2D eigenvalue weighted by Crippen LogP contribution is -2.40. The highest BCUT2D eigenvalue weighted by Gasteiger charge is 2.51. The molecule has 0 radical (unpaired) electrons. The number of benzene rings is 3. The van der Waals surface area contributed by atoms with Crippen LogP contribution in [0.4, 0.5) is 13.2 Å². The molecule has 0 N–H and O–H groups in total. The smallest absolute Gasteiger partial charge is 0.230 e. The van der Waals surface area contributed by atoms with Crippen LogP contribution < -0.4 is 0 Å². The SMILES string of the molecule is Cn1ccnc1S(=O)(=O)C(c1ccc(F)cc1)(c1ccc(F)cc1)c1ccc(F)cc1. The highest BCUT2D eigenvalue weighted by molar-refractivity contribution is 7.92. The summed E-state index contributed by atoms with van der Waals surface area (Å²) in [7, 11) is -2.83. The first-order valence-corrected chi connectivity index (χ1v) is 10.7. The standard InChI is InChI=1S/C23H17F3N2O2S/c1-28-15-14-27-22(28)31(29,30)23(16-2-8-19(24)9-3-16,17-4-10-20(25)11-5-17)18-6-12-21(26)13-7-18/h2-15H,1H3. The zero-order valence-electron chi connectivity index (χ0n) is 16.3. The molecule has 8 heteroatoms. The summed E-state index contributed by atoms with van der Waals surface area (Å²) in [5, 5.41) is -0.245. The van der Waals surface area contributed by atoms with Gasteiger partial charge in [0.1, 0.15) is 17.5 Å². The molecule has 158 valence electrons. The molecule has 0 saturated heterocycles. The molecule has 31 heavy (non-hydrogen) atoms. The van der Waals surface area contributed by atoms with Crippen molar-refractivity contribution in [2.45, 2.75) is 9.90 Å². The molecule has 0 aliphatic rings. The van der Waals surface area contributed by atoms with Crippen molar-refractivity contribution in [1.29, 1.82) is 0 Å². The molecule has 4 nitrogen and oxygen atoms in total. The van der Waals surface area contributed by atoms with Gasteiger partial charge in [0.25, 0.3) is 0 Å². The van der Waals surface area contributed by atoms with Crippen molar-refractivity contribution >= 4 is 9.84 Å². The van der Waals surface area contributed by atoms with E-state index in [4.69, 9.17) is 0 Å². The minimum absolute atomic E-state index is 0.204. The van der Waals surface area contributed by atoms with Gasteiger partial charge in [-0.05, 0) is 53.1 Å². The Morgan fingerprint density at radius 2 is 1.06 bits per heavy atom. The highest BCUT2D eigenvalue weighted by Crippen LogP contribution is 2.46. The van der Waals surface area contributed by atoms with Crippen molar-refractivity contribution in [2.75, 3.05) is 0 Å². The molecule has 1 aromatic heterocycles. The van der Waals surface area contributed by atoms with E-state index in [1.165, 1.54) is 60.4 Å². The van der Waals surface area contributed by atoms with Crippen LogP contribution in [-0.2, 0) is 21.6 Å². The Kier molecular flexibility index (Phi) is 5.18.